The molecule has 0 amide bonds. The highest BCUT2D eigenvalue weighted by atomic mass is 35.5. The smallest absolute Gasteiger partial charge is 0.141 e. The predicted octanol–water partition coefficient (Wildman–Crippen LogP) is 6.59. The zero-order chi connectivity index (χ0) is 40.8. The summed E-state index contributed by atoms with van der Waals surface area (Å²) in [4.78, 5) is 2.52. The van der Waals surface area contributed by atoms with Crippen LogP contribution in [0, 0.1) is 13.8 Å². The molecular weight excluding hydrogens is 766 g/mol. The molecule has 58 heavy (non-hydrogen) atoms. The van der Waals surface area contributed by atoms with E-state index in [-0.39, 0.29) is 0 Å². The molecule has 1 aliphatic rings. The molecule has 2 aromatic heterocycles. The van der Waals surface area contributed by atoms with E-state index >= 15 is 0 Å². The minimum atomic E-state index is 0.379. The van der Waals surface area contributed by atoms with Crippen LogP contribution in [-0.4, -0.2) is 146 Å². The lowest BCUT2D eigenvalue weighted by Crippen LogP contribution is -2.44. The number of morpholine rings is 1. The summed E-state index contributed by atoms with van der Waals surface area (Å²) in [5, 5.41) is 6.00. The molecule has 0 saturated carbocycles. The number of benzene rings is 2. The number of hydrogen-bond acceptors (Lipinski definition) is 12. The van der Waals surface area contributed by atoms with Crippen LogP contribution in [0.1, 0.15) is 36.6 Å². The molecule has 0 bridgehead atoms. The van der Waals surface area contributed by atoms with E-state index in [2.05, 4.69) is 51.9 Å². The monoisotopic (exact) mass is 829 g/mol. The first-order valence-corrected chi connectivity index (χ1v) is 21.1. The first-order valence-electron chi connectivity index (χ1n) is 20.8. The van der Waals surface area contributed by atoms with Crippen LogP contribution in [0.2, 0.25) is 5.02 Å². The second-order valence-electron chi connectivity index (χ2n) is 14.2. The van der Waals surface area contributed by atoms with Gasteiger partial charge < -0.3 is 51.7 Å². The second-order valence-corrected chi connectivity index (χ2v) is 14.6. The lowest BCUT2D eigenvalue weighted by Gasteiger charge is -2.33. The van der Waals surface area contributed by atoms with Crippen LogP contribution in [0.5, 0.6) is 5.75 Å². The van der Waals surface area contributed by atoms with Crippen molar-refractivity contribution in [1.29, 1.82) is 0 Å². The fraction of sp³-hybridized carbons (Fsp3) is 0.614. The molecule has 1 fully saturated rings. The third kappa shape index (κ3) is 15.2. The Bertz CT molecular complexity index is 1720. The van der Waals surface area contributed by atoms with Crippen molar-refractivity contribution in [3.8, 4) is 16.9 Å². The molecule has 1 saturated heterocycles. The molecule has 0 spiro atoms. The molecule has 0 aliphatic carbocycles. The van der Waals surface area contributed by atoms with Gasteiger partial charge in [0.1, 0.15) is 18.1 Å². The van der Waals surface area contributed by atoms with Gasteiger partial charge in [0.15, 0.2) is 0 Å². The van der Waals surface area contributed by atoms with Gasteiger partial charge >= 0.3 is 0 Å². The standard InChI is InChI=1S/C44H64ClN3O10/c1-5-49-16-17-51-18-19-52-20-21-53-22-23-54-24-25-55-26-27-56-28-29-57-43-11-7-37(30-41(43)45)6-9-40-32-39-31-38(44-35(3)46-58-36(44)4)8-10-42(39)48(40)33-34(2)47-12-14-50-15-13-47/h7-8,10-11,30-32,34H,5-6,9,12-29,33H2,1-4H3/t34-/m0/s1. The highest BCUT2D eigenvalue weighted by Crippen LogP contribution is 2.32. The summed E-state index contributed by atoms with van der Waals surface area (Å²) in [6.45, 7) is 20.5. The summed E-state index contributed by atoms with van der Waals surface area (Å²) in [5.41, 5.74) is 6.79. The Morgan fingerprint density at radius 3 is 1.84 bits per heavy atom. The van der Waals surface area contributed by atoms with Gasteiger partial charge in [-0.1, -0.05) is 28.9 Å². The number of nitrogens with zero attached hydrogens (tertiary/aromatic N) is 3. The van der Waals surface area contributed by atoms with Crippen LogP contribution in [0.25, 0.3) is 22.0 Å². The maximum absolute atomic E-state index is 6.70. The average molecular weight is 830 g/mol. The summed E-state index contributed by atoms with van der Waals surface area (Å²) in [6, 6.07) is 15.5. The topological polar surface area (TPSA) is 117 Å². The second kappa shape index (κ2) is 26.2. The summed E-state index contributed by atoms with van der Waals surface area (Å²) in [7, 11) is 0. The minimum absolute atomic E-state index is 0.379. The first-order chi connectivity index (χ1) is 28.4. The number of ether oxygens (including phenoxy) is 9. The summed E-state index contributed by atoms with van der Waals surface area (Å²) in [5.74, 6) is 1.49. The molecule has 0 N–H and O–H groups in total. The number of halogens is 1. The van der Waals surface area contributed by atoms with Crippen molar-refractivity contribution in [3.05, 3.63) is 70.2 Å². The van der Waals surface area contributed by atoms with Crippen molar-refractivity contribution in [3.63, 3.8) is 0 Å². The highest BCUT2D eigenvalue weighted by molar-refractivity contribution is 6.32. The van der Waals surface area contributed by atoms with Gasteiger partial charge in [0.2, 0.25) is 0 Å². The summed E-state index contributed by atoms with van der Waals surface area (Å²) in [6.07, 6.45) is 1.73. The molecule has 1 aliphatic heterocycles. The summed E-state index contributed by atoms with van der Waals surface area (Å²) < 4.78 is 57.9. The van der Waals surface area contributed by atoms with E-state index in [0.29, 0.717) is 116 Å². The Morgan fingerprint density at radius 1 is 0.707 bits per heavy atom. The molecule has 2 aromatic carbocycles. The Labute approximate surface area is 349 Å². The van der Waals surface area contributed by atoms with Crippen molar-refractivity contribution in [1.82, 2.24) is 14.6 Å². The van der Waals surface area contributed by atoms with E-state index in [1.165, 1.54) is 16.6 Å². The fourth-order valence-electron chi connectivity index (χ4n) is 6.96. The molecule has 3 heterocycles. The molecule has 1 atom stereocenters. The van der Waals surface area contributed by atoms with Gasteiger partial charge in [-0.2, -0.15) is 0 Å². The number of hydrogen-bond donors (Lipinski definition) is 0. The Kier molecular flexibility index (Phi) is 20.8. The molecule has 0 unspecified atom stereocenters. The van der Waals surface area contributed by atoms with E-state index in [1.807, 2.05) is 32.9 Å². The fourth-order valence-corrected chi connectivity index (χ4v) is 7.22. The van der Waals surface area contributed by atoms with E-state index in [9.17, 15) is 0 Å². The van der Waals surface area contributed by atoms with E-state index < -0.39 is 0 Å². The number of rotatable bonds is 30. The van der Waals surface area contributed by atoms with Crippen LogP contribution in [-0.2, 0) is 57.3 Å². The maximum atomic E-state index is 6.70. The third-order valence-corrected chi connectivity index (χ3v) is 10.3. The minimum Gasteiger partial charge on any atom is -0.490 e. The van der Waals surface area contributed by atoms with Crippen molar-refractivity contribution in [2.75, 3.05) is 125 Å². The number of aromatic nitrogens is 2. The van der Waals surface area contributed by atoms with Gasteiger partial charge in [0, 0.05) is 54.4 Å². The van der Waals surface area contributed by atoms with Gasteiger partial charge in [0.05, 0.1) is 110 Å². The Hall–Kier alpha value is -3.08. The highest BCUT2D eigenvalue weighted by Gasteiger charge is 2.21. The first kappa shape index (κ1) is 46.0. The molecular formula is C44H64ClN3O10. The van der Waals surface area contributed by atoms with Crippen LogP contribution in [0.3, 0.4) is 0 Å². The van der Waals surface area contributed by atoms with Crippen LogP contribution >= 0.6 is 11.6 Å². The van der Waals surface area contributed by atoms with Crippen molar-refractivity contribution >= 4 is 22.5 Å². The van der Waals surface area contributed by atoms with Crippen LogP contribution < -0.4 is 4.74 Å². The quantitative estimate of drug-likeness (QED) is 0.0529. The van der Waals surface area contributed by atoms with Crippen LogP contribution in [0.4, 0.5) is 0 Å². The predicted molar refractivity (Wildman–Crippen MR) is 225 cm³/mol. The van der Waals surface area contributed by atoms with Crippen LogP contribution in [0.15, 0.2) is 47.0 Å². The van der Waals surface area contributed by atoms with E-state index in [4.69, 9.17) is 58.8 Å². The number of fused-ring (bicyclic) bond motifs is 1. The zero-order valence-electron chi connectivity index (χ0n) is 35.0. The van der Waals surface area contributed by atoms with Gasteiger partial charge in [0.25, 0.3) is 0 Å². The van der Waals surface area contributed by atoms with Gasteiger partial charge in [-0.05, 0) is 82.0 Å². The lowest BCUT2D eigenvalue weighted by atomic mass is 10.0. The molecule has 322 valence electrons. The van der Waals surface area contributed by atoms with E-state index in [0.717, 1.165) is 73.8 Å². The van der Waals surface area contributed by atoms with Crippen molar-refractivity contribution in [2.45, 2.75) is 53.1 Å². The normalized spacial score (nSPS) is 14.2. The number of aryl methyl sites for hydroxylation is 4. The van der Waals surface area contributed by atoms with Gasteiger partial charge in [-0.25, -0.2) is 0 Å². The largest absolute Gasteiger partial charge is 0.490 e. The van der Waals surface area contributed by atoms with Crippen molar-refractivity contribution in [2.24, 2.45) is 0 Å². The Balaban J connectivity index is 0.964. The molecule has 5 rings (SSSR count). The zero-order valence-corrected chi connectivity index (χ0v) is 35.7. The van der Waals surface area contributed by atoms with Crippen molar-refractivity contribution < 1.29 is 47.2 Å². The molecule has 4 aromatic rings. The Morgan fingerprint density at radius 2 is 1.29 bits per heavy atom. The average Bonchev–Trinajstić information content (AvgIpc) is 3.76. The molecule has 13 nitrogen and oxygen atoms in total. The maximum Gasteiger partial charge on any atom is 0.141 e. The molecule has 14 heteroatoms. The molecule has 0 radical (unpaired) electrons. The summed E-state index contributed by atoms with van der Waals surface area (Å²) >= 11 is 6.70. The SMILES string of the molecule is CCOCCOCCOCCOCCOCCOCCOCCOc1ccc(CCc2cc3cc(-c4c(C)noc4C)ccc3n2C[C@H](C)N2CCOCC2)cc1Cl. The van der Waals surface area contributed by atoms with E-state index in [1.54, 1.807) is 0 Å². The third-order valence-electron chi connectivity index (χ3n) is 10.0. The van der Waals surface area contributed by atoms with Gasteiger partial charge in [-0.15, -0.1) is 0 Å². The van der Waals surface area contributed by atoms with Gasteiger partial charge in [-0.3, -0.25) is 4.90 Å². The lowest BCUT2D eigenvalue weighted by molar-refractivity contribution is -0.0208.